The van der Waals surface area contributed by atoms with Crippen molar-refractivity contribution in [3.8, 4) is 5.88 Å². The fourth-order valence-corrected chi connectivity index (χ4v) is 2.69. The van der Waals surface area contributed by atoms with Gasteiger partial charge in [0.25, 0.3) is 0 Å². The zero-order chi connectivity index (χ0) is 18.8. The minimum Gasteiger partial charge on any atom is -0.476 e. The summed E-state index contributed by atoms with van der Waals surface area (Å²) in [4.78, 5) is 10.2. The highest BCUT2D eigenvalue weighted by Gasteiger charge is 2.30. The molecule has 1 aromatic rings. The molecule has 1 saturated heterocycles. The Kier molecular flexibility index (Phi) is 10.7. The number of rotatable bonds is 7. The molecule has 0 saturated carbocycles. The number of ether oxygens (including phenoxy) is 1. The van der Waals surface area contributed by atoms with E-state index in [4.69, 9.17) is 4.74 Å². The Hall–Kier alpha value is -1.30. The Balaban J connectivity index is 0.00000364. The number of aromatic nitrogens is 1. The summed E-state index contributed by atoms with van der Waals surface area (Å²) in [6.45, 7) is 4.83. The van der Waals surface area contributed by atoms with E-state index >= 15 is 0 Å². The van der Waals surface area contributed by atoms with Crippen molar-refractivity contribution < 1.29 is 17.9 Å². The zero-order valence-corrected chi connectivity index (χ0v) is 17.7. The molecule has 1 fully saturated rings. The number of pyridine rings is 1. The van der Waals surface area contributed by atoms with Gasteiger partial charge in [-0.15, -0.1) is 24.0 Å². The first kappa shape index (κ1) is 23.7. The molecule has 0 aromatic carbocycles. The van der Waals surface area contributed by atoms with Crippen molar-refractivity contribution in [3.63, 3.8) is 0 Å². The number of piperidine rings is 1. The average molecular weight is 501 g/mol. The summed E-state index contributed by atoms with van der Waals surface area (Å²) < 4.78 is 42.7. The van der Waals surface area contributed by atoms with Crippen molar-refractivity contribution in [2.75, 3.05) is 46.4 Å². The maximum atomic E-state index is 12.5. The number of nitrogens with one attached hydrogen (secondary N) is 2. The number of alkyl halides is 3. The summed E-state index contributed by atoms with van der Waals surface area (Å²) in [7, 11) is 1.69. The minimum absolute atomic E-state index is 0. The van der Waals surface area contributed by atoms with Crippen LogP contribution in [0.4, 0.5) is 13.2 Å². The average Bonchev–Trinajstić information content (AvgIpc) is 2.64. The highest BCUT2D eigenvalue weighted by molar-refractivity contribution is 14.0. The molecule has 0 radical (unpaired) electrons. The number of hydrogen-bond acceptors (Lipinski definition) is 4. The van der Waals surface area contributed by atoms with E-state index in [1.54, 1.807) is 7.05 Å². The van der Waals surface area contributed by atoms with Crippen LogP contribution >= 0.6 is 24.0 Å². The lowest BCUT2D eigenvalue weighted by Crippen LogP contribution is -2.43. The van der Waals surface area contributed by atoms with E-state index in [0.29, 0.717) is 12.5 Å². The highest BCUT2D eigenvalue weighted by Crippen LogP contribution is 2.29. The molecule has 154 valence electrons. The Morgan fingerprint density at radius 3 is 2.48 bits per heavy atom. The van der Waals surface area contributed by atoms with Gasteiger partial charge in [-0.25, -0.2) is 4.98 Å². The van der Waals surface area contributed by atoms with E-state index < -0.39 is 11.7 Å². The number of guanidine groups is 1. The second-order valence-electron chi connectivity index (χ2n) is 6.06. The highest BCUT2D eigenvalue weighted by atomic mass is 127. The van der Waals surface area contributed by atoms with Crippen molar-refractivity contribution >= 4 is 29.9 Å². The van der Waals surface area contributed by atoms with Gasteiger partial charge in [0, 0.05) is 32.4 Å². The van der Waals surface area contributed by atoms with E-state index in [9.17, 15) is 13.2 Å². The molecule has 1 aromatic heterocycles. The summed E-state index contributed by atoms with van der Waals surface area (Å²) in [6, 6.07) is 2.17. The van der Waals surface area contributed by atoms with Gasteiger partial charge in [0.1, 0.15) is 6.61 Å². The number of aliphatic imine (C=N–C) groups is 1. The van der Waals surface area contributed by atoms with Gasteiger partial charge >= 0.3 is 6.18 Å². The largest absolute Gasteiger partial charge is 0.476 e. The molecule has 6 nitrogen and oxygen atoms in total. The predicted molar refractivity (Wildman–Crippen MR) is 110 cm³/mol. The second-order valence-corrected chi connectivity index (χ2v) is 6.06. The van der Waals surface area contributed by atoms with Gasteiger partial charge in [0.15, 0.2) is 5.96 Å². The van der Waals surface area contributed by atoms with Gasteiger partial charge < -0.3 is 20.3 Å². The molecule has 10 heteroatoms. The predicted octanol–water partition coefficient (Wildman–Crippen LogP) is 2.75. The number of nitrogens with zero attached hydrogens (tertiary/aromatic N) is 3. The smallest absolute Gasteiger partial charge is 0.417 e. The van der Waals surface area contributed by atoms with Gasteiger partial charge in [0.05, 0.1) is 12.1 Å². The van der Waals surface area contributed by atoms with Gasteiger partial charge in [-0.05, 0) is 32.0 Å². The molecule has 0 aliphatic carbocycles. The number of halogens is 4. The van der Waals surface area contributed by atoms with Gasteiger partial charge in [-0.3, -0.25) is 4.99 Å². The van der Waals surface area contributed by atoms with E-state index in [-0.39, 0.29) is 36.5 Å². The van der Waals surface area contributed by atoms with Crippen LogP contribution in [0.25, 0.3) is 0 Å². The van der Waals surface area contributed by atoms with Crippen molar-refractivity contribution in [3.05, 3.63) is 23.9 Å². The van der Waals surface area contributed by atoms with Crippen molar-refractivity contribution in [2.45, 2.75) is 25.4 Å². The fraction of sp³-hybridized carbons (Fsp3) is 0.647. The third-order valence-corrected chi connectivity index (χ3v) is 4.10. The lowest BCUT2D eigenvalue weighted by molar-refractivity contribution is -0.137. The molecule has 0 unspecified atom stereocenters. The number of likely N-dealkylation sites (tertiary alicyclic amines) is 1. The Morgan fingerprint density at radius 1 is 1.19 bits per heavy atom. The van der Waals surface area contributed by atoms with E-state index in [1.807, 2.05) is 0 Å². The molecule has 2 rings (SSSR count). The first-order chi connectivity index (χ1) is 12.5. The van der Waals surface area contributed by atoms with Crippen molar-refractivity contribution in [1.29, 1.82) is 0 Å². The summed E-state index contributed by atoms with van der Waals surface area (Å²) in [5, 5.41) is 6.34. The Bertz CT molecular complexity index is 563. The van der Waals surface area contributed by atoms with Crippen molar-refractivity contribution in [1.82, 2.24) is 20.5 Å². The van der Waals surface area contributed by atoms with E-state index in [0.717, 1.165) is 38.4 Å². The second kappa shape index (κ2) is 12.2. The minimum atomic E-state index is -4.39. The topological polar surface area (TPSA) is 61.8 Å². The molecule has 0 bridgehead atoms. The Labute approximate surface area is 175 Å². The molecule has 0 amide bonds. The standard InChI is InChI=1S/C17H26F3N5O.HI/c1-21-16(22-7-11-25-9-3-2-4-10-25)23-8-12-26-15-6-5-14(13-24-15)17(18,19)20;/h5-6,13H,2-4,7-12H2,1H3,(H2,21,22,23);1H. The maximum absolute atomic E-state index is 12.5. The molecule has 0 atom stereocenters. The lowest BCUT2D eigenvalue weighted by atomic mass is 10.1. The zero-order valence-electron chi connectivity index (χ0n) is 15.4. The molecule has 1 aliphatic heterocycles. The van der Waals surface area contributed by atoms with Gasteiger partial charge in [-0.2, -0.15) is 13.2 Å². The first-order valence-corrected chi connectivity index (χ1v) is 8.82. The SMILES string of the molecule is CN=C(NCCOc1ccc(C(F)(F)F)cn1)NCCN1CCCCC1.I. The van der Waals surface area contributed by atoms with Crippen LogP contribution < -0.4 is 15.4 Å². The quantitative estimate of drug-likeness (QED) is 0.261. The third-order valence-electron chi connectivity index (χ3n) is 4.10. The molecule has 27 heavy (non-hydrogen) atoms. The molecule has 0 spiro atoms. The third kappa shape index (κ3) is 8.96. The lowest BCUT2D eigenvalue weighted by Gasteiger charge is -2.26. The Morgan fingerprint density at radius 2 is 1.89 bits per heavy atom. The maximum Gasteiger partial charge on any atom is 0.417 e. The van der Waals surface area contributed by atoms with Gasteiger partial charge in [0.2, 0.25) is 5.88 Å². The van der Waals surface area contributed by atoms with Crippen LogP contribution in [0.5, 0.6) is 5.88 Å². The van der Waals surface area contributed by atoms with Crippen LogP contribution in [0.2, 0.25) is 0 Å². The summed E-state index contributed by atoms with van der Waals surface area (Å²) >= 11 is 0. The first-order valence-electron chi connectivity index (χ1n) is 8.82. The van der Waals surface area contributed by atoms with Gasteiger partial charge in [-0.1, -0.05) is 6.42 Å². The van der Waals surface area contributed by atoms with Crippen LogP contribution in [-0.4, -0.2) is 62.2 Å². The molecule has 1 aliphatic rings. The van der Waals surface area contributed by atoms with Crippen LogP contribution in [0.1, 0.15) is 24.8 Å². The van der Waals surface area contributed by atoms with Crippen molar-refractivity contribution in [2.24, 2.45) is 4.99 Å². The number of hydrogen-bond donors (Lipinski definition) is 2. The van der Waals surface area contributed by atoms with Crippen LogP contribution in [0.15, 0.2) is 23.3 Å². The molecule has 2 heterocycles. The summed E-state index contributed by atoms with van der Waals surface area (Å²) in [5.74, 6) is 0.832. The van der Waals surface area contributed by atoms with E-state index in [1.165, 1.54) is 25.3 Å². The van der Waals surface area contributed by atoms with Crippen LogP contribution in [0, 0.1) is 0 Å². The normalized spacial score (nSPS) is 15.8. The summed E-state index contributed by atoms with van der Waals surface area (Å²) in [6.07, 6.45) is 0.231. The molecular formula is C17H27F3IN5O. The monoisotopic (exact) mass is 501 g/mol. The fourth-order valence-electron chi connectivity index (χ4n) is 2.69. The van der Waals surface area contributed by atoms with Crippen LogP contribution in [-0.2, 0) is 6.18 Å². The summed E-state index contributed by atoms with van der Waals surface area (Å²) in [5.41, 5.74) is -0.790. The van der Waals surface area contributed by atoms with Crippen LogP contribution in [0.3, 0.4) is 0 Å². The van der Waals surface area contributed by atoms with E-state index in [2.05, 4.69) is 25.5 Å². The molecule has 2 N–H and O–H groups in total. The molecular weight excluding hydrogens is 474 g/mol.